The number of carbonyl (C=O) groups is 4. The number of amides is 4. The van der Waals surface area contributed by atoms with Crippen molar-refractivity contribution < 1.29 is 29.0 Å². The summed E-state index contributed by atoms with van der Waals surface area (Å²) in [6.07, 6.45) is 2.94. The summed E-state index contributed by atoms with van der Waals surface area (Å²) in [5.41, 5.74) is 4.94. The van der Waals surface area contributed by atoms with E-state index in [0.29, 0.717) is 12.3 Å². The maximum atomic E-state index is 14.0. The number of carbonyl (C=O) groups excluding carboxylic acids is 4. The third kappa shape index (κ3) is 9.57. The van der Waals surface area contributed by atoms with Gasteiger partial charge >= 0.3 is 0 Å². The molecule has 4 N–H and O–H groups in total. The minimum Gasteiger partial charge on any atom is -0.474 e. The summed E-state index contributed by atoms with van der Waals surface area (Å²) in [4.78, 5) is 63.1. The average molecular weight is 817 g/mol. The molecular formula is C36H45IN6O6S. The van der Waals surface area contributed by atoms with Gasteiger partial charge in [-0.3, -0.25) is 19.2 Å². The van der Waals surface area contributed by atoms with Crippen molar-refractivity contribution in [2.75, 3.05) is 6.54 Å². The topological polar surface area (TPSA) is 163 Å². The van der Waals surface area contributed by atoms with Crippen molar-refractivity contribution in [2.45, 2.75) is 103 Å². The first-order valence-electron chi connectivity index (χ1n) is 16.8. The van der Waals surface area contributed by atoms with Gasteiger partial charge in [-0.05, 0) is 42.4 Å². The highest BCUT2D eigenvalue weighted by Gasteiger charge is 2.44. The molecule has 0 unspecified atom stereocenters. The van der Waals surface area contributed by atoms with Crippen molar-refractivity contribution in [1.82, 2.24) is 30.8 Å². The van der Waals surface area contributed by atoms with Gasteiger partial charge in [0.2, 0.25) is 23.6 Å². The molecule has 2 aromatic heterocycles. The smallest absolute Gasteiger partial charge is 0.280 e. The van der Waals surface area contributed by atoms with Crippen LogP contribution in [0.4, 0.5) is 4.79 Å². The number of hydrogen-bond acceptors (Lipinski definition) is 9. The highest BCUT2D eigenvalue weighted by atomic mass is 127. The molecule has 4 atom stereocenters. The van der Waals surface area contributed by atoms with Crippen LogP contribution in [0.5, 0.6) is 5.88 Å². The molecule has 14 heteroatoms. The number of likely N-dealkylation sites (tertiary alicyclic amines) is 1. The van der Waals surface area contributed by atoms with E-state index >= 15 is 0 Å². The lowest BCUT2D eigenvalue weighted by Crippen LogP contribution is -2.57. The number of aryl methyl sites for hydroxylation is 2. The van der Waals surface area contributed by atoms with Crippen molar-refractivity contribution in [3.05, 3.63) is 64.9 Å². The minimum atomic E-state index is -0.909. The van der Waals surface area contributed by atoms with Gasteiger partial charge in [0, 0.05) is 73.1 Å². The molecule has 0 bridgehead atoms. The molecule has 0 spiro atoms. The van der Waals surface area contributed by atoms with Gasteiger partial charge < -0.3 is 30.7 Å². The fraction of sp³-hybridized carbons (Fsp3) is 0.500. The number of aliphatic hydroxyl groups excluding tert-OH is 1. The number of thiazole rings is 1. The predicted octanol–water partition coefficient (Wildman–Crippen LogP) is 4.87. The number of aromatic nitrogens is 2. The number of halogens is 1. The van der Waals surface area contributed by atoms with Crippen molar-refractivity contribution in [3.63, 3.8) is 0 Å². The van der Waals surface area contributed by atoms with Crippen LogP contribution in [0.1, 0.15) is 76.2 Å². The van der Waals surface area contributed by atoms with E-state index in [9.17, 15) is 24.3 Å². The third-order valence-electron chi connectivity index (χ3n) is 9.20. The predicted molar refractivity (Wildman–Crippen MR) is 199 cm³/mol. The average Bonchev–Trinajstić information content (AvgIpc) is 3.66. The Bertz CT molecular complexity index is 1670. The Morgan fingerprint density at radius 2 is 1.78 bits per heavy atom. The molecule has 1 saturated carbocycles. The van der Waals surface area contributed by atoms with E-state index in [1.807, 2.05) is 70.5 Å². The van der Waals surface area contributed by atoms with E-state index in [-0.39, 0.29) is 53.3 Å². The second-order valence-corrected chi connectivity index (χ2v) is 16.0. The van der Waals surface area contributed by atoms with Gasteiger partial charge in [0.25, 0.3) is 3.91 Å². The van der Waals surface area contributed by atoms with E-state index in [2.05, 4.69) is 25.9 Å². The molecule has 1 saturated heterocycles. The fourth-order valence-electron chi connectivity index (χ4n) is 6.25. The lowest BCUT2D eigenvalue weighted by atomic mass is 9.85. The second kappa shape index (κ2) is 16.1. The second-order valence-electron chi connectivity index (χ2n) is 14.2. The number of ether oxygens (including phenoxy) is 1. The van der Waals surface area contributed by atoms with Crippen molar-refractivity contribution >= 4 is 55.6 Å². The van der Waals surface area contributed by atoms with E-state index in [1.54, 1.807) is 46.2 Å². The van der Waals surface area contributed by atoms with Crippen LogP contribution in [0.15, 0.2) is 48.1 Å². The maximum absolute atomic E-state index is 14.0. The normalized spacial score (nSPS) is 21.5. The van der Waals surface area contributed by atoms with Gasteiger partial charge in [0.15, 0.2) is 0 Å². The number of hydrogen-bond donors (Lipinski definition) is 4. The molecular weight excluding hydrogens is 771 g/mol. The Kier molecular flexibility index (Phi) is 12.2. The molecule has 5 rings (SSSR count). The van der Waals surface area contributed by atoms with Crippen LogP contribution < -0.4 is 20.7 Å². The van der Waals surface area contributed by atoms with E-state index < -0.39 is 29.5 Å². The lowest BCUT2D eigenvalue weighted by Gasteiger charge is -2.35. The Hall–Kier alpha value is -3.63. The Balaban J connectivity index is 1.15. The number of rotatable bonds is 12. The standard InChI is InChI=1S/C36H45IN6O6S/c1-20(23-8-10-24(11-9-23)31-21(2)39-19-50-31)40-33(46)28-16-26(44)18-43(28)34(47)32(36(3,4)5)42-29(45)12-6-22-7-13-30(38-17-22)49-27-14-25(15-27)41-35(37)48/h7-11,13,17,19-20,25-28,32,44H,6,12,14-16,18H2,1-5H3,(H,40,46)(H,41,48)(H,42,45)/t20-,25?,26+,27?,28-,32+/m0/s1. The Morgan fingerprint density at radius 1 is 1.06 bits per heavy atom. The van der Waals surface area contributed by atoms with Gasteiger partial charge in [0.1, 0.15) is 18.2 Å². The number of benzene rings is 1. The zero-order valence-corrected chi connectivity index (χ0v) is 31.9. The van der Waals surface area contributed by atoms with Crippen LogP contribution in [0.2, 0.25) is 0 Å². The summed E-state index contributed by atoms with van der Waals surface area (Å²) in [7, 11) is 0. The Labute approximate surface area is 310 Å². The number of pyridine rings is 1. The van der Waals surface area contributed by atoms with Crippen molar-refractivity contribution in [3.8, 4) is 16.3 Å². The summed E-state index contributed by atoms with van der Waals surface area (Å²) in [6, 6.07) is 9.59. The van der Waals surface area contributed by atoms with Crippen molar-refractivity contribution in [2.24, 2.45) is 5.41 Å². The molecule has 2 aliphatic rings. The number of nitrogens with zero attached hydrogens (tertiary/aromatic N) is 3. The summed E-state index contributed by atoms with van der Waals surface area (Å²) < 4.78 is 5.79. The summed E-state index contributed by atoms with van der Waals surface area (Å²) >= 11 is 3.30. The molecule has 3 heterocycles. The van der Waals surface area contributed by atoms with Crippen LogP contribution in [0.25, 0.3) is 10.4 Å². The molecule has 3 aromatic rings. The number of nitrogens with one attached hydrogen (secondary N) is 3. The number of aliphatic hydroxyl groups is 1. The largest absolute Gasteiger partial charge is 0.474 e. The molecule has 2 fully saturated rings. The lowest BCUT2D eigenvalue weighted by molar-refractivity contribution is -0.144. The van der Waals surface area contributed by atoms with Crippen LogP contribution in [0.3, 0.4) is 0 Å². The molecule has 268 valence electrons. The summed E-state index contributed by atoms with van der Waals surface area (Å²) in [5, 5.41) is 19.4. The highest BCUT2D eigenvalue weighted by Crippen LogP contribution is 2.30. The van der Waals surface area contributed by atoms with Crippen LogP contribution >= 0.6 is 33.9 Å². The monoisotopic (exact) mass is 816 g/mol. The highest BCUT2D eigenvalue weighted by molar-refractivity contribution is 14.1. The van der Waals surface area contributed by atoms with E-state index in [1.165, 1.54) is 4.90 Å². The van der Waals surface area contributed by atoms with Gasteiger partial charge in [-0.15, -0.1) is 11.3 Å². The summed E-state index contributed by atoms with van der Waals surface area (Å²) in [6.45, 7) is 9.44. The van der Waals surface area contributed by atoms with Crippen LogP contribution in [-0.4, -0.2) is 78.5 Å². The zero-order chi connectivity index (χ0) is 36.2. The van der Waals surface area contributed by atoms with E-state index in [4.69, 9.17) is 4.74 Å². The SMILES string of the molecule is Cc1ncsc1-c1ccc([C@H](C)NC(=O)[C@@H]2C[C@@H](O)CN2C(=O)[C@@H](NC(=O)CCc2ccc(OC3CC(NC(=O)I)C3)nc2)C(C)(C)C)cc1. The summed E-state index contributed by atoms with van der Waals surface area (Å²) in [5.74, 6) is -0.573. The van der Waals surface area contributed by atoms with Gasteiger partial charge in [-0.2, -0.15) is 0 Å². The first kappa shape index (κ1) is 37.6. The van der Waals surface area contributed by atoms with Crippen LogP contribution in [0, 0.1) is 12.3 Å². The maximum Gasteiger partial charge on any atom is 0.280 e. The first-order valence-corrected chi connectivity index (χ1v) is 18.8. The number of β-amino-alcohol motifs (C(OH)–C–C–N with tert-alkyl or cyclic N) is 1. The quantitative estimate of drug-likeness (QED) is 0.114. The van der Waals surface area contributed by atoms with Crippen LogP contribution in [-0.2, 0) is 20.8 Å². The molecule has 0 radical (unpaired) electrons. The fourth-order valence-corrected chi connectivity index (χ4v) is 7.50. The molecule has 1 aliphatic heterocycles. The van der Waals surface area contributed by atoms with Gasteiger partial charge in [-0.1, -0.05) is 51.1 Å². The first-order chi connectivity index (χ1) is 23.7. The van der Waals surface area contributed by atoms with Crippen molar-refractivity contribution in [1.29, 1.82) is 0 Å². The Morgan fingerprint density at radius 3 is 2.38 bits per heavy atom. The molecule has 4 amide bonds. The molecule has 50 heavy (non-hydrogen) atoms. The van der Waals surface area contributed by atoms with E-state index in [0.717, 1.165) is 40.1 Å². The molecule has 1 aliphatic carbocycles. The molecule has 12 nitrogen and oxygen atoms in total. The van der Waals surface area contributed by atoms with Gasteiger partial charge in [0.05, 0.1) is 28.2 Å². The van der Waals surface area contributed by atoms with Gasteiger partial charge in [-0.25, -0.2) is 9.97 Å². The molecule has 1 aromatic carbocycles. The zero-order valence-electron chi connectivity index (χ0n) is 28.9. The third-order valence-corrected chi connectivity index (χ3v) is 10.5. The minimum absolute atomic E-state index is 0.00153.